The molecule has 0 atom stereocenters. The third-order valence-corrected chi connectivity index (χ3v) is 6.32. The first-order valence-corrected chi connectivity index (χ1v) is 15.2. The number of hydrogen-bond acceptors (Lipinski definition) is 6. The van der Waals surface area contributed by atoms with Crippen LogP contribution in [-0.2, 0) is 28.5 Å². The lowest BCUT2D eigenvalue weighted by molar-refractivity contribution is -0.147. The van der Waals surface area contributed by atoms with Gasteiger partial charge < -0.3 is 18.9 Å². The third-order valence-electron chi connectivity index (χ3n) is 6.32. The fourth-order valence-corrected chi connectivity index (χ4v) is 4.06. The molecule has 0 saturated carbocycles. The summed E-state index contributed by atoms with van der Waals surface area (Å²) in [7, 11) is 0. The first-order chi connectivity index (χ1) is 17.7. The van der Waals surface area contributed by atoms with E-state index in [0.717, 1.165) is 32.1 Å². The molecule has 214 valence electrons. The van der Waals surface area contributed by atoms with Gasteiger partial charge in [0.25, 0.3) is 0 Å². The Bertz CT molecular complexity index is 468. The minimum Gasteiger partial charge on any atom is -0.463 e. The largest absolute Gasteiger partial charge is 0.463 e. The monoisotopic (exact) mass is 514 g/mol. The Kier molecular flexibility index (Phi) is 29.1. The van der Waals surface area contributed by atoms with Crippen LogP contribution in [-0.4, -0.2) is 51.6 Å². The van der Waals surface area contributed by atoms with Gasteiger partial charge in [-0.1, -0.05) is 117 Å². The van der Waals surface area contributed by atoms with E-state index < -0.39 is 0 Å². The van der Waals surface area contributed by atoms with Gasteiger partial charge in [-0.05, 0) is 12.8 Å². The summed E-state index contributed by atoms with van der Waals surface area (Å²) in [6, 6.07) is 0. The van der Waals surface area contributed by atoms with Gasteiger partial charge in [-0.15, -0.1) is 0 Å². The molecule has 0 radical (unpaired) electrons. The molecule has 0 bridgehead atoms. The summed E-state index contributed by atoms with van der Waals surface area (Å²) in [5.41, 5.74) is 0. The maximum absolute atomic E-state index is 11.8. The molecule has 0 aromatic carbocycles. The Hall–Kier alpha value is -1.14. The van der Waals surface area contributed by atoms with E-state index in [4.69, 9.17) is 18.9 Å². The van der Waals surface area contributed by atoms with Crippen molar-refractivity contribution in [2.75, 3.05) is 39.6 Å². The van der Waals surface area contributed by atoms with Gasteiger partial charge in [0.05, 0.1) is 26.4 Å². The van der Waals surface area contributed by atoms with Crippen LogP contribution in [0, 0.1) is 0 Å². The smallest absolute Gasteiger partial charge is 0.305 e. The first kappa shape index (κ1) is 34.9. The molecule has 0 aromatic rings. The predicted octanol–water partition coefficient (Wildman–Crippen LogP) is 7.95. The molecule has 0 amide bonds. The standard InChI is InChI=1S/C30H58O6/c1-3-5-7-8-9-10-11-12-13-14-15-16-17-18-20-22-30(32)36-28-26-34-24-23-33-25-27-35-29(31)21-19-6-4-2/h3-28H2,1-2H3. The van der Waals surface area contributed by atoms with Crippen LogP contribution in [0.5, 0.6) is 0 Å². The van der Waals surface area contributed by atoms with E-state index >= 15 is 0 Å². The van der Waals surface area contributed by atoms with Crippen molar-refractivity contribution in [3.63, 3.8) is 0 Å². The highest BCUT2D eigenvalue weighted by atomic mass is 16.6. The molecule has 6 heteroatoms. The van der Waals surface area contributed by atoms with Crippen LogP contribution in [0.4, 0.5) is 0 Å². The van der Waals surface area contributed by atoms with Gasteiger partial charge in [0.2, 0.25) is 0 Å². The Morgan fingerprint density at radius 1 is 0.389 bits per heavy atom. The summed E-state index contributed by atoms with van der Waals surface area (Å²) in [4.78, 5) is 23.2. The van der Waals surface area contributed by atoms with Gasteiger partial charge in [0.15, 0.2) is 0 Å². The molecular formula is C30H58O6. The van der Waals surface area contributed by atoms with Crippen molar-refractivity contribution in [1.82, 2.24) is 0 Å². The van der Waals surface area contributed by atoms with Crippen LogP contribution in [0.3, 0.4) is 0 Å². The summed E-state index contributed by atoms with van der Waals surface area (Å²) in [5, 5.41) is 0. The van der Waals surface area contributed by atoms with Crippen LogP contribution < -0.4 is 0 Å². The first-order valence-electron chi connectivity index (χ1n) is 15.2. The van der Waals surface area contributed by atoms with Crippen molar-refractivity contribution in [3.8, 4) is 0 Å². The average Bonchev–Trinajstić information content (AvgIpc) is 2.87. The zero-order valence-corrected chi connectivity index (χ0v) is 23.8. The number of unbranched alkanes of at least 4 members (excludes halogenated alkanes) is 16. The minimum absolute atomic E-state index is 0.134. The molecular weight excluding hydrogens is 456 g/mol. The SMILES string of the molecule is CCCCCCCCCCCCCCCCCC(=O)OCCOCCOCCOC(=O)CCCCC. The predicted molar refractivity (Wildman–Crippen MR) is 147 cm³/mol. The maximum atomic E-state index is 11.8. The van der Waals surface area contributed by atoms with E-state index in [1.54, 1.807) is 0 Å². The van der Waals surface area contributed by atoms with Crippen LogP contribution in [0.15, 0.2) is 0 Å². The second-order valence-corrected chi connectivity index (χ2v) is 9.82. The lowest BCUT2D eigenvalue weighted by atomic mass is 10.0. The summed E-state index contributed by atoms with van der Waals surface area (Å²) in [5.74, 6) is -0.292. The molecule has 0 aliphatic heterocycles. The van der Waals surface area contributed by atoms with Crippen LogP contribution in [0.2, 0.25) is 0 Å². The molecule has 36 heavy (non-hydrogen) atoms. The Balaban J connectivity index is 3.20. The van der Waals surface area contributed by atoms with E-state index in [9.17, 15) is 9.59 Å². The van der Waals surface area contributed by atoms with E-state index in [0.29, 0.717) is 39.3 Å². The van der Waals surface area contributed by atoms with E-state index in [1.165, 1.54) is 83.5 Å². The fraction of sp³-hybridized carbons (Fsp3) is 0.933. The summed E-state index contributed by atoms with van der Waals surface area (Å²) in [6.07, 6.45) is 23.8. The number of hydrogen-bond donors (Lipinski definition) is 0. The molecule has 6 nitrogen and oxygen atoms in total. The number of rotatable bonds is 29. The number of carbonyl (C=O) groups excluding carboxylic acids is 2. The molecule has 0 saturated heterocycles. The lowest BCUT2D eigenvalue weighted by Crippen LogP contribution is -2.15. The van der Waals surface area contributed by atoms with E-state index in [1.807, 2.05) is 0 Å². The van der Waals surface area contributed by atoms with Crippen molar-refractivity contribution in [2.45, 2.75) is 142 Å². The van der Waals surface area contributed by atoms with Gasteiger partial charge in [0, 0.05) is 12.8 Å². The Morgan fingerprint density at radius 3 is 1.06 bits per heavy atom. The molecule has 0 aliphatic rings. The van der Waals surface area contributed by atoms with Crippen LogP contribution >= 0.6 is 0 Å². The van der Waals surface area contributed by atoms with Gasteiger partial charge >= 0.3 is 11.9 Å². The highest BCUT2D eigenvalue weighted by molar-refractivity contribution is 5.69. The van der Waals surface area contributed by atoms with Gasteiger partial charge in [-0.2, -0.15) is 0 Å². The van der Waals surface area contributed by atoms with Crippen molar-refractivity contribution in [1.29, 1.82) is 0 Å². The normalized spacial score (nSPS) is 11.1. The third kappa shape index (κ3) is 29.1. The number of ether oxygens (including phenoxy) is 4. The molecule has 0 aromatic heterocycles. The summed E-state index contributed by atoms with van der Waals surface area (Å²) in [6.45, 7) is 6.55. The zero-order valence-electron chi connectivity index (χ0n) is 23.8. The molecule has 0 aliphatic carbocycles. The highest BCUT2D eigenvalue weighted by Gasteiger charge is 2.03. The molecule has 0 heterocycles. The molecule has 0 rings (SSSR count). The van der Waals surface area contributed by atoms with Gasteiger partial charge in [-0.25, -0.2) is 0 Å². The molecule has 0 spiro atoms. The van der Waals surface area contributed by atoms with Gasteiger partial charge in [-0.3, -0.25) is 9.59 Å². The maximum Gasteiger partial charge on any atom is 0.305 e. The topological polar surface area (TPSA) is 71.1 Å². The minimum atomic E-state index is -0.158. The molecule has 0 unspecified atom stereocenters. The Labute approximate surface area is 222 Å². The van der Waals surface area contributed by atoms with Gasteiger partial charge in [0.1, 0.15) is 13.2 Å². The quantitative estimate of drug-likeness (QED) is 0.0745. The highest BCUT2D eigenvalue weighted by Crippen LogP contribution is 2.13. The van der Waals surface area contributed by atoms with Crippen molar-refractivity contribution in [2.24, 2.45) is 0 Å². The van der Waals surface area contributed by atoms with Crippen molar-refractivity contribution in [3.05, 3.63) is 0 Å². The fourth-order valence-electron chi connectivity index (χ4n) is 4.06. The lowest BCUT2D eigenvalue weighted by Gasteiger charge is -2.08. The summed E-state index contributed by atoms with van der Waals surface area (Å²) >= 11 is 0. The number of esters is 2. The van der Waals surface area contributed by atoms with Crippen LogP contribution in [0.1, 0.15) is 142 Å². The number of carbonyl (C=O) groups is 2. The van der Waals surface area contributed by atoms with E-state index in [-0.39, 0.29) is 25.2 Å². The summed E-state index contributed by atoms with van der Waals surface area (Å²) < 4.78 is 21.1. The van der Waals surface area contributed by atoms with Crippen LogP contribution in [0.25, 0.3) is 0 Å². The second kappa shape index (κ2) is 30.1. The Morgan fingerprint density at radius 2 is 0.667 bits per heavy atom. The average molecular weight is 515 g/mol. The molecule has 0 N–H and O–H groups in total. The van der Waals surface area contributed by atoms with Crippen molar-refractivity contribution >= 4 is 11.9 Å². The zero-order chi connectivity index (χ0) is 26.4. The second-order valence-electron chi connectivity index (χ2n) is 9.82. The molecule has 0 fully saturated rings. The van der Waals surface area contributed by atoms with E-state index in [2.05, 4.69) is 13.8 Å². The van der Waals surface area contributed by atoms with Crippen molar-refractivity contribution < 1.29 is 28.5 Å².